The second-order valence-corrected chi connectivity index (χ2v) is 7.48. The van der Waals surface area contributed by atoms with Crippen LogP contribution < -0.4 is 10.1 Å². The first-order valence-electron chi connectivity index (χ1n) is 8.94. The molecule has 1 N–H and O–H groups in total. The monoisotopic (exact) mass is 386 g/mol. The number of nitrogens with one attached hydrogen (secondary N) is 1. The molecule has 1 aliphatic rings. The maximum atomic E-state index is 13.0. The Balaban J connectivity index is 1.82. The number of benzene rings is 2. The summed E-state index contributed by atoms with van der Waals surface area (Å²) >= 11 is 6.15. The van der Waals surface area contributed by atoms with Crippen LogP contribution in [0.1, 0.15) is 36.2 Å². The SMILES string of the molecule is COc1ccc(NC(=O)C(CC(C)C)N2Cc3ccccc3C2=O)cc1Cl. The summed E-state index contributed by atoms with van der Waals surface area (Å²) < 4.78 is 5.14. The van der Waals surface area contributed by atoms with Gasteiger partial charge in [-0.2, -0.15) is 0 Å². The van der Waals surface area contributed by atoms with Crippen molar-refractivity contribution in [2.75, 3.05) is 12.4 Å². The van der Waals surface area contributed by atoms with Crippen LogP contribution in [0.2, 0.25) is 5.02 Å². The summed E-state index contributed by atoms with van der Waals surface area (Å²) in [5.41, 5.74) is 2.20. The van der Waals surface area contributed by atoms with Gasteiger partial charge in [-0.25, -0.2) is 0 Å². The summed E-state index contributed by atoms with van der Waals surface area (Å²) in [6.07, 6.45) is 0.579. The minimum atomic E-state index is -0.550. The lowest BCUT2D eigenvalue weighted by Gasteiger charge is -2.28. The molecule has 0 saturated heterocycles. The zero-order chi connectivity index (χ0) is 19.6. The molecule has 1 heterocycles. The van der Waals surface area contributed by atoms with Crippen LogP contribution in [0.4, 0.5) is 5.69 Å². The molecule has 2 aromatic carbocycles. The molecule has 0 fully saturated rings. The predicted octanol–water partition coefficient (Wildman–Crippen LogP) is 4.36. The van der Waals surface area contributed by atoms with E-state index in [-0.39, 0.29) is 17.7 Å². The van der Waals surface area contributed by atoms with Crippen LogP contribution in [0.15, 0.2) is 42.5 Å². The number of halogens is 1. The summed E-state index contributed by atoms with van der Waals surface area (Å²) in [6, 6.07) is 12.0. The normalized spacial score (nSPS) is 14.3. The molecule has 0 spiro atoms. The summed E-state index contributed by atoms with van der Waals surface area (Å²) in [6.45, 7) is 4.53. The average molecular weight is 387 g/mol. The first-order valence-corrected chi connectivity index (χ1v) is 9.31. The number of fused-ring (bicyclic) bond motifs is 1. The smallest absolute Gasteiger partial charge is 0.255 e. The Morgan fingerprint density at radius 2 is 2.00 bits per heavy atom. The molecule has 6 heteroatoms. The van der Waals surface area contributed by atoms with E-state index >= 15 is 0 Å². The van der Waals surface area contributed by atoms with Crippen molar-refractivity contribution in [3.8, 4) is 5.75 Å². The summed E-state index contributed by atoms with van der Waals surface area (Å²) in [5, 5.41) is 3.31. The van der Waals surface area contributed by atoms with Gasteiger partial charge in [-0.15, -0.1) is 0 Å². The summed E-state index contributed by atoms with van der Waals surface area (Å²) in [4.78, 5) is 27.5. The lowest BCUT2D eigenvalue weighted by atomic mass is 10.0. The van der Waals surface area contributed by atoms with Crippen LogP contribution in [0, 0.1) is 5.92 Å². The van der Waals surface area contributed by atoms with Crippen LogP contribution in [0.3, 0.4) is 0 Å². The van der Waals surface area contributed by atoms with E-state index in [9.17, 15) is 9.59 Å². The molecule has 0 radical (unpaired) electrons. The molecular formula is C21H23ClN2O3. The number of hydrogen-bond acceptors (Lipinski definition) is 3. The Kier molecular flexibility index (Phi) is 5.71. The molecule has 1 aliphatic heterocycles. The van der Waals surface area contributed by atoms with Crippen molar-refractivity contribution in [3.63, 3.8) is 0 Å². The van der Waals surface area contributed by atoms with Gasteiger partial charge in [0.05, 0.1) is 12.1 Å². The number of nitrogens with zero attached hydrogens (tertiary/aromatic N) is 1. The minimum absolute atomic E-state index is 0.0980. The maximum Gasteiger partial charge on any atom is 0.255 e. The van der Waals surface area contributed by atoms with Gasteiger partial charge in [0.2, 0.25) is 5.91 Å². The molecule has 0 aliphatic carbocycles. The van der Waals surface area contributed by atoms with Gasteiger partial charge in [0, 0.05) is 17.8 Å². The van der Waals surface area contributed by atoms with E-state index in [1.54, 1.807) is 23.1 Å². The zero-order valence-corrected chi connectivity index (χ0v) is 16.4. The molecule has 1 atom stereocenters. The van der Waals surface area contributed by atoms with Gasteiger partial charge in [0.25, 0.3) is 5.91 Å². The summed E-state index contributed by atoms with van der Waals surface area (Å²) in [5.74, 6) is 0.487. The van der Waals surface area contributed by atoms with E-state index in [1.165, 1.54) is 7.11 Å². The molecule has 0 saturated carbocycles. The van der Waals surface area contributed by atoms with Gasteiger partial charge in [-0.3, -0.25) is 9.59 Å². The number of anilines is 1. The fourth-order valence-corrected chi connectivity index (χ4v) is 3.58. The van der Waals surface area contributed by atoms with Crippen LogP contribution in [-0.4, -0.2) is 29.9 Å². The van der Waals surface area contributed by atoms with Gasteiger partial charge in [-0.1, -0.05) is 43.6 Å². The van der Waals surface area contributed by atoms with Crippen molar-refractivity contribution < 1.29 is 14.3 Å². The van der Waals surface area contributed by atoms with Crippen molar-refractivity contribution >= 4 is 29.1 Å². The lowest BCUT2D eigenvalue weighted by Crippen LogP contribution is -2.45. The number of methoxy groups -OCH3 is 1. The number of carbonyl (C=O) groups excluding carboxylic acids is 2. The Bertz CT molecular complexity index is 866. The van der Waals surface area contributed by atoms with Crippen LogP contribution in [0.25, 0.3) is 0 Å². The average Bonchev–Trinajstić information content (AvgIpc) is 2.96. The van der Waals surface area contributed by atoms with Crippen molar-refractivity contribution in [2.45, 2.75) is 32.9 Å². The molecule has 142 valence electrons. The molecule has 0 aromatic heterocycles. The third-order valence-electron chi connectivity index (χ3n) is 4.64. The van der Waals surface area contributed by atoms with Gasteiger partial charge >= 0.3 is 0 Å². The predicted molar refractivity (Wildman–Crippen MR) is 106 cm³/mol. The molecular weight excluding hydrogens is 364 g/mol. The largest absolute Gasteiger partial charge is 0.495 e. The highest BCUT2D eigenvalue weighted by atomic mass is 35.5. The van der Waals surface area contributed by atoms with Gasteiger partial charge in [-0.05, 0) is 42.2 Å². The van der Waals surface area contributed by atoms with Crippen LogP contribution in [0.5, 0.6) is 5.75 Å². The third-order valence-corrected chi connectivity index (χ3v) is 4.94. The standard InChI is InChI=1S/C21H23ClN2O3/c1-13(2)10-18(24-12-14-6-4-5-7-16(14)21(24)26)20(25)23-15-8-9-19(27-3)17(22)11-15/h4-9,11,13,18H,10,12H2,1-3H3,(H,23,25). The Labute approximate surface area is 164 Å². The number of carbonyl (C=O) groups is 2. The highest BCUT2D eigenvalue weighted by Gasteiger charge is 2.36. The van der Waals surface area contributed by atoms with Gasteiger partial charge in [0.15, 0.2) is 0 Å². The third kappa shape index (κ3) is 4.08. The second kappa shape index (κ2) is 8.01. The fraction of sp³-hybridized carbons (Fsp3) is 0.333. The van der Waals surface area contributed by atoms with Crippen molar-refractivity contribution in [3.05, 3.63) is 58.6 Å². The van der Waals surface area contributed by atoms with Crippen LogP contribution >= 0.6 is 11.6 Å². The van der Waals surface area contributed by atoms with E-state index in [2.05, 4.69) is 5.32 Å². The van der Waals surface area contributed by atoms with Crippen molar-refractivity contribution in [1.82, 2.24) is 4.90 Å². The Morgan fingerprint density at radius 3 is 2.63 bits per heavy atom. The Hall–Kier alpha value is -2.53. The molecule has 27 heavy (non-hydrogen) atoms. The van der Waals surface area contributed by atoms with E-state index in [0.717, 1.165) is 5.56 Å². The summed E-state index contributed by atoms with van der Waals surface area (Å²) in [7, 11) is 1.54. The highest BCUT2D eigenvalue weighted by molar-refractivity contribution is 6.32. The van der Waals surface area contributed by atoms with Crippen LogP contribution in [-0.2, 0) is 11.3 Å². The fourth-order valence-electron chi connectivity index (χ4n) is 3.32. The number of amides is 2. The molecule has 0 bridgehead atoms. The topological polar surface area (TPSA) is 58.6 Å². The quantitative estimate of drug-likeness (QED) is 0.802. The maximum absolute atomic E-state index is 13.0. The zero-order valence-electron chi connectivity index (χ0n) is 15.7. The molecule has 3 rings (SSSR count). The number of hydrogen-bond donors (Lipinski definition) is 1. The Morgan fingerprint density at radius 1 is 1.26 bits per heavy atom. The highest BCUT2D eigenvalue weighted by Crippen LogP contribution is 2.29. The van der Waals surface area contributed by atoms with Gasteiger partial charge < -0.3 is 15.0 Å². The van der Waals surface area contributed by atoms with E-state index in [4.69, 9.17) is 16.3 Å². The molecule has 2 amide bonds. The van der Waals surface area contributed by atoms with Crippen molar-refractivity contribution in [2.24, 2.45) is 5.92 Å². The first-order chi connectivity index (χ1) is 12.9. The first kappa shape index (κ1) is 19.2. The second-order valence-electron chi connectivity index (χ2n) is 7.07. The number of rotatable bonds is 6. The van der Waals surface area contributed by atoms with E-state index in [0.29, 0.717) is 35.0 Å². The minimum Gasteiger partial charge on any atom is -0.495 e. The number of ether oxygens (including phenoxy) is 1. The van der Waals surface area contributed by atoms with E-state index in [1.807, 2.05) is 38.1 Å². The molecule has 2 aromatic rings. The van der Waals surface area contributed by atoms with E-state index < -0.39 is 6.04 Å². The molecule has 5 nitrogen and oxygen atoms in total. The lowest BCUT2D eigenvalue weighted by molar-refractivity contribution is -0.121. The molecule has 1 unspecified atom stereocenters. The van der Waals surface area contributed by atoms with Gasteiger partial charge in [0.1, 0.15) is 11.8 Å². The van der Waals surface area contributed by atoms with Crippen molar-refractivity contribution in [1.29, 1.82) is 0 Å².